The van der Waals surface area contributed by atoms with Crippen LogP contribution in [-0.4, -0.2) is 25.7 Å². The van der Waals surface area contributed by atoms with E-state index in [2.05, 4.69) is 0 Å². The Balaban J connectivity index is 2.63. The van der Waals surface area contributed by atoms with Crippen LogP contribution in [0.2, 0.25) is 5.02 Å². The first-order valence-electron chi connectivity index (χ1n) is 5.73. The van der Waals surface area contributed by atoms with E-state index in [-0.39, 0.29) is 15.5 Å². The molecule has 0 heterocycles. The molecule has 0 aliphatic carbocycles. The maximum absolute atomic E-state index is 13.7. The van der Waals surface area contributed by atoms with E-state index < -0.39 is 27.2 Å². The number of hydrogen-bond acceptors (Lipinski definition) is 3. The highest BCUT2D eigenvalue weighted by Gasteiger charge is 2.16. The van der Waals surface area contributed by atoms with Crippen molar-refractivity contribution in [3.63, 3.8) is 0 Å². The minimum absolute atomic E-state index is 0.0273. The van der Waals surface area contributed by atoms with E-state index in [9.17, 15) is 17.6 Å². The maximum Gasteiger partial charge on any atom is 0.338 e. The summed E-state index contributed by atoms with van der Waals surface area (Å²) >= 11 is 5.97. The summed E-state index contributed by atoms with van der Waals surface area (Å²) in [5.41, 5.74) is 0.0754. The molecular weight excluding hydrogens is 319 g/mol. The van der Waals surface area contributed by atoms with E-state index in [0.717, 1.165) is 18.4 Å². The van der Waals surface area contributed by atoms with Gasteiger partial charge in [-0.1, -0.05) is 23.7 Å². The molecule has 0 saturated heterocycles. The number of rotatable bonds is 3. The summed E-state index contributed by atoms with van der Waals surface area (Å²) in [4.78, 5) is 10.9. The van der Waals surface area contributed by atoms with Gasteiger partial charge in [-0.3, -0.25) is 0 Å². The summed E-state index contributed by atoms with van der Waals surface area (Å²) in [6, 6.07) is 7.82. The SMILES string of the molecule is CS(=O)(=O)c1cccc(-c2cc(F)c(C(=O)O)cc2Cl)c1. The van der Waals surface area contributed by atoms with E-state index >= 15 is 0 Å². The highest BCUT2D eigenvalue weighted by atomic mass is 35.5. The first-order valence-corrected chi connectivity index (χ1v) is 8.00. The van der Waals surface area contributed by atoms with Crippen LogP contribution in [0.1, 0.15) is 10.4 Å². The van der Waals surface area contributed by atoms with Crippen molar-refractivity contribution in [3.05, 3.63) is 52.8 Å². The lowest BCUT2D eigenvalue weighted by atomic mass is 10.0. The molecule has 1 N–H and O–H groups in total. The molecule has 0 spiro atoms. The predicted octanol–water partition coefficient (Wildman–Crippen LogP) is 3.25. The number of sulfone groups is 1. The maximum atomic E-state index is 13.7. The van der Waals surface area contributed by atoms with Crippen LogP contribution in [0.4, 0.5) is 4.39 Å². The molecule has 4 nitrogen and oxygen atoms in total. The molecule has 2 aromatic carbocycles. The van der Waals surface area contributed by atoms with Crippen molar-refractivity contribution in [2.75, 3.05) is 6.26 Å². The van der Waals surface area contributed by atoms with Crippen LogP contribution in [0.25, 0.3) is 11.1 Å². The van der Waals surface area contributed by atoms with Gasteiger partial charge in [0, 0.05) is 16.8 Å². The fourth-order valence-corrected chi connectivity index (χ4v) is 2.77. The zero-order valence-electron chi connectivity index (χ0n) is 10.8. The lowest BCUT2D eigenvalue weighted by Crippen LogP contribution is -2.01. The van der Waals surface area contributed by atoms with Crippen molar-refractivity contribution in [1.29, 1.82) is 0 Å². The summed E-state index contributed by atoms with van der Waals surface area (Å²) < 4.78 is 36.8. The van der Waals surface area contributed by atoms with Crippen molar-refractivity contribution in [3.8, 4) is 11.1 Å². The molecule has 0 saturated carbocycles. The van der Waals surface area contributed by atoms with E-state index in [1.165, 1.54) is 18.2 Å². The van der Waals surface area contributed by atoms with Crippen LogP contribution >= 0.6 is 11.6 Å². The van der Waals surface area contributed by atoms with Crippen LogP contribution in [0.3, 0.4) is 0 Å². The zero-order valence-corrected chi connectivity index (χ0v) is 12.4. The number of halogens is 2. The number of carbonyl (C=O) groups is 1. The van der Waals surface area contributed by atoms with Gasteiger partial charge < -0.3 is 5.11 Å². The molecule has 0 amide bonds. The van der Waals surface area contributed by atoms with Gasteiger partial charge in [0.2, 0.25) is 0 Å². The molecule has 21 heavy (non-hydrogen) atoms. The lowest BCUT2D eigenvalue weighted by Gasteiger charge is -2.08. The van der Waals surface area contributed by atoms with Gasteiger partial charge in [0.15, 0.2) is 9.84 Å². The fourth-order valence-electron chi connectivity index (χ4n) is 1.83. The van der Waals surface area contributed by atoms with Gasteiger partial charge in [-0.05, 0) is 29.8 Å². The lowest BCUT2D eigenvalue weighted by molar-refractivity contribution is 0.0692. The summed E-state index contributed by atoms with van der Waals surface area (Å²) in [5, 5.41) is 8.85. The van der Waals surface area contributed by atoms with Gasteiger partial charge in [-0.25, -0.2) is 17.6 Å². The third-order valence-corrected chi connectivity index (χ3v) is 4.28. The van der Waals surface area contributed by atoms with Gasteiger partial charge >= 0.3 is 5.97 Å². The van der Waals surface area contributed by atoms with E-state index in [0.29, 0.717) is 5.56 Å². The minimum Gasteiger partial charge on any atom is -0.478 e. The van der Waals surface area contributed by atoms with Crippen molar-refractivity contribution in [2.45, 2.75) is 4.90 Å². The molecular formula is C14H10ClFO4S. The van der Waals surface area contributed by atoms with Gasteiger partial charge in [-0.2, -0.15) is 0 Å². The number of hydrogen-bond donors (Lipinski definition) is 1. The molecule has 7 heteroatoms. The summed E-state index contributed by atoms with van der Waals surface area (Å²) in [6.07, 6.45) is 1.06. The van der Waals surface area contributed by atoms with E-state index in [1.807, 2.05) is 0 Å². The third-order valence-electron chi connectivity index (χ3n) is 2.86. The van der Waals surface area contributed by atoms with Crippen molar-refractivity contribution < 1.29 is 22.7 Å². The Hall–Kier alpha value is -1.92. The first-order chi connectivity index (χ1) is 9.70. The van der Waals surface area contributed by atoms with Gasteiger partial charge in [-0.15, -0.1) is 0 Å². The number of carboxylic acid groups (broad SMARTS) is 1. The van der Waals surface area contributed by atoms with Crippen LogP contribution < -0.4 is 0 Å². The molecule has 0 aliphatic rings. The average Bonchev–Trinajstić information content (AvgIpc) is 2.40. The molecule has 0 unspecified atom stereocenters. The van der Waals surface area contributed by atoms with Crippen molar-refractivity contribution in [2.24, 2.45) is 0 Å². The van der Waals surface area contributed by atoms with Crippen LogP contribution in [0.15, 0.2) is 41.3 Å². The molecule has 2 aromatic rings. The molecule has 0 fully saturated rings. The Kier molecular flexibility index (Phi) is 4.02. The Bertz CT molecular complexity index is 831. The normalized spacial score (nSPS) is 11.4. The van der Waals surface area contributed by atoms with Crippen LogP contribution in [0.5, 0.6) is 0 Å². The number of carboxylic acids is 1. The Morgan fingerprint density at radius 2 is 1.90 bits per heavy atom. The number of aromatic carboxylic acids is 1. The zero-order chi connectivity index (χ0) is 15.8. The third kappa shape index (κ3) is 3.22. The Labute approximate surface area is 125 Å². The quantitative estimate of drug-likeness (QED) is 0.938. The summed E-state index contributed by atoms with van der Waals surface area (Å²) in [5.74, 6) is -2.36. The monoisotopic (exact) mass is 328 g/mol. The average molecular weight is 329 g/mol. The minimum atomic E-state index is -3.41. The van der Waals surface area contributed by atoms with Gasteiger partial charge in [0.1, 0.15) is 5.82 Å². The second kappa shape index (κ2) is 5.46. The predicted molar refractivity (Wildman–Crippen MR) is 76.9 cm³/mol. The standard InChI is InChI=1S/C14H10ClFO4S/c1-21(19,20)9-4-2-3-8(5-9)10-7-13(16)11(14(17)18)6-12(10)15/h2-7H,1H3,(H,17,18). The van der Waals surface area contributed by atoms with Gasteiger partial charge in [0.05, 0.1) is 10.5 Å². The highest BCUT2D eigenvalue weighted by molar-refractivity contribution is 7.90. The molecule has 110 valence electrons. The molecule has 0 aliphatic heterocycles. The largest absolute Gasteiger partial charge is 0.478 e. The highest BCUT2D eigenvalue weighted by Crippen LogP contribution is 2.31. The molecule has 0 radical (unpaired) electrons. The van der Waals surface area contributed by atoms with Crippen molar-refractivity contribution in [1.82, 2.24) is 0 Å². The van der Waals surface area contributed by atoms with Crippen LogP contribution in [0, 0.1) is 5.82 Å². The fraction of sp³-hybridized carbons (Fsp3) is 0.0714. The van der Waals surface area contributed by atoms with Gasteiger partial charge in [0.25, 0.3) is 0 Å². The topological polar surface area (TPSA) is 71.4 Å². The van der Waals surface area contributed by atoms with Crippen LogP contribution in [-0.2, 0) is 9.84 Å². The molecule has 0 atom stereocenters. The first kappa shape index (κ1) is 15.5. The number of benzene rings is 2. The second-order valence-electron chi connectivity index (χ2n) is 4.42. The molecule has 2 rings (SSSR count). The molecule has 0 bridgehead atoms. The summed E-state index contributed by atoms with van der Waals surface area (Å²) in [7, 11) is -3.41. The summed E-state index contributed by atoms with van der Waals surface area (Å²) in [6.45, 7) is 0. The second-order valence-corrected chi connectivity index (χ2v) is 6.84. The van der Waals surface area contributed by atoms with E-state index in [4.69, 9.17) is 16.7 Å². The Morgan fingerprint density at radius 3 is 2.48 bits per heavy atom. The van der Waals surface area contributed by atoms with Crippen molar-refractivity contribution >= 4 is 27.4 Å². The van der Waals surface area contributed by atoms with E-state index in [1.54, 1.807) is 6.07 Å². The Morgan fingerprint density at radius 1 is 1.24 bits per heavy atom. The molecule has 0 aromatic heterocycles. The smallest absolute Gasteiger partial charge is 0.338 e.